The highest BCUT2D eigenvalue weighted by Gasteiger charge is 2.37. The zero-order valence-corrected chi connectivity index (χ0v) is 14.1. The second kappa shape index (κ2) is 7.67. The number of nitrogens with zero attached hydrogens (tertiary/aromatic N) is 3. The van der Waals surface area contributed by atoms with Gasteiger partial charge in [-0.3, -0.25) is 0 Å². The summed E-state index contributed by atoms with van der Waals surface area (Å²) >= 11 is 0. The summed E-state index contributed by atoms with van der Waals surface area (Å²) < 4.78 is 58.9. The van der Waals surface area contributed by atoms with Crippen LogP contribution in [0.25, 0.3) is 0 Å². The standard InChI is InChI=1S/C17H19F4N3O/c1-4-11(3)25-15-12(17(19,20)21)10-22-16(23-15)24(5-2)14-9-7-6-8-13(14)18/h6-11H,4-5H2,1-3H3. The first-order chi connectivity index (χ1) is 11.8. The molecule has 0 N–H and O–H groups in total. The molecule has 0 fully saturated rings. The summed E-state index contributed by atoms with van der Waals surface area (Å²) in [6.07, 6.45) is -3.91. The molecule has 2 aromatic rings. The van der Waals surface area contributed by atoms with Gasteiger partial charge in [0.25, 0.3) is 0 Å². The molecule has 0 radical (unpaired) electrons. The third kappa shape index (κ3) is 4.37. The predicted octanol–water partition coefficient (Wildman–Crippen LogP) is 4.97. The Morgan fingerprint density at radius 2 is 1.88 bits per heavy atom. The first kappa shape index (κ1) is 19.0. The van der Waals surface area contributed by atoms with Crippen molar-refractivity contribution in [3.8, 4) is 5.88 Å². The van der Waals surface area contributed by atoms with Gasteiger partial charge in [0.15, 0.2) is 0 Å². The first-order valence-electron chi connectivity index (χ1n) is 7.90. The molecular weight excluding hydrogens is 338 g/mol. The number of benzene rings is 1. The van der Waals surface area contributed by atoms with Crippen LogP contribution in [0.2, 0.25) is 0 Å². The van der Waals surface area contributed by atoms with Crippen LogP contribution >= 0.6 is 0 Å². The number of alkyl halides is 3. The lowest BCUT2D eigenvalue weighted by atomic mass is 10.2. The topological polar surface area (TPSA) is 38.2 Å². The fourth-order valence-electron chi connectivity index (χ4n) is 2.14. The Labute approximate surface area is 143 Å². The van der Waals surface area contributed by atoms with Gasteiger partial charge >= 0.3 is 6.18 Å². The smallest absolute Gasteiger partial charge is 0.423 e. The van der Waals surface area contributed by atoms with Gasteiger partial charge in [0, 0.05) is 12.7 Å². The zero-order chi connectivity index (χ0) is 18.6. The van der Waals surface area contributed by atoms with Crippen LogP contribution in [0, 0.1) is 5.82 Å². The number of hydrogen-bond acceptors (Lipinski definition) is 4. The van der Waals surface area contributed by atoms with Crippen LogP contribution in [0.1, 0.15) is 32.8 Å². The molecule has 1 unspecified atom stereocenters. The number of hydrogen-bond donors (Lipinski definition) is 0. The third-order valence-electron chi connectivity index (χ3n) is 3.64. The van der Waals surface area contributed by atoms with E-state index in [-0.39, 0.29) is 18.2 Å². The van der Waals surface area contributed by atoms with Gasteiger partial charge in [-0.15, -0.1) is 0 Å². The second-order valence-corrected chi connectivity index (χ2v) is 5.42. The largest absolute Gasteiger partial charge is 0.474 e. The molecule has 1 atom stereocenters. The minimum Gasteiger partial charge on any atom is -0.474 e. The van der Waals surface area contributed by atoms with E-state index in [1.807, 2.05) is 0 Å². The van der Waals surface area contributed by atoms with Gasteiger partial charge in [-0.1, -0.05) is 19.1 Å². The summed E-state index contributed by atoms with van der Waals surface area (Å²) in [4.78, 5) is 9.09. The van der Waals surface area contributed by atoms with Gasteiger partial charge in [0.05, 0.1) is 11.8 Å². The molecule has 0 bridgehead atoms. The molecule has 0 aliphatic carbocycles. The third-order valence-corrected chi connectivity index (χ3v) is 3.64. The van der Waals surface area contributed by atoms with Crippen LogP contribution < -0.4 is 9.64 Å². The maximum Gasteiger partial charge on any atom is 0.423 e. The molecule has 0 amide bonds. The molecule has 0 aliphatic rings. The SMILES string of the molecule is CCC(C)Oc1nc(N(CC)c2ccccc2F)ncc1C(F)(F)F. The molecular formula is C17H19F4N3O. The number of ether oxygens (including phenoxy) is 1. The van der Waals surface area contributed by atoms with E-state index in [1.165, 1.54) is 23.1 Å². The van der Waals surface area contributed by atoms with Gasteiger partial charge in [-0.25, -0.2) is 9.37 Å². The van der Waals surface area contributed by atoms with Crippen molar-refractivity contribution in [3.63, 3.8) is 0 Å². The van der Waals surface area contributed by atoms with Crippen LogP contribution in [0.4, 0.5) is 29.2 Å². The number of halogens is 4. The van der Waals surface area contributed by atoms with Crippen molar-refractivity contribution >= 4 is 11.6 Å². The van der Waals surface area contributed by atoms with Crippen molar-refractivity contribution in [1.29, 1.82) is 0 Å². The van der Waals surface area contributed by atoms with E-state index in [0.717, 1.165) is 0 Å². The highest BCUT2D eigenvalue weighted by Crippen LogP contribution is 2.37. The molecule has 2 rings (SSSR count). The van der Waals surface area contributed by atoms with E-state index in [9.17, 15) is 17.6 Å². The maximum absolute atomic E-state index is 14.0. The van der Waals surface area contributed by atoms with Gasteiger partial charge in [-0.2, -0.15) is 18.2 Å². The summed E-state index contributed by atoms with van der Waals surface area (Å²) in [5.74, 6) is -1.13. The van der Waals surface area contributed by atoms with Crippen molar-refractivity contribution in [1.82, 2.24) is 9.97 Å². The summed E-state index contributed by atoms with van der Waals surface area (Å²) in [7, 11) is 0. The van der Waals surface area contributed by atoms with Crippen LogP contribution in [-0.4, -0.2) is 22.6 Å². The number of anilines is 2. The van der Waals surface area contributed by atoms with Crippen LogP contribution in [0.3, 0.4) is 0 Å². The van der Waals surface area contributed by atoms with Gasteiger partial charge in [0.1, 0.15) is 11.4 Å². The lowest BCUT2D eigenvalue weighted by molar-refractivity contribution is -0.139. The van der Waals surface area contributed by atoms with Crippen molar-refractivity contribution in [2.75, 3.05) is 11.4 Å². The monoisotopic (exact) mass is 357 g/mol. The van der Waals surface area contributed by atoms with Crippen molar-refractivity contribution < 1.29 is 22.3 Å². The number of para-hydroxylation sites is 1. The van der Waals surface area contributed by atoms with E-state index in [0.29, 0.717) is 12.6 Å². The Bertz CT molecular complexity index is 721. The van der Waals surface area contributed by atoms with E-state index >= 15 is 0 Å². The molecule has 8 heteroatoms. The molecule has 0 saturated carbocycles. The maximum atomic E-state index is 14.0. The predicted molar refractivity (Wildman–Crippen MR) is 86.5 cm³/mol. The van der Waals surface area contributed by atoms with E-state index in [2.05, 4.69) is 9.97 Å². The lowest BCUT2D eigenvalue weighted by Gasteiger charge is -2.23. The molecule has 0 aliphatic heterocycles. The minimum atomic E-state index is -4.64. The Balaban J connectivity index is 2.51. The molecule has 25 heavy (non-hydrogen) atoms. The Hall–Kier alpha value is -2.38. The van der Waals surface area contributed by atoms with Crippen LogP contribution in [0.15, 0.2) is 30.5 Å². The second-order valence-electron chi connectivity index (χ2n) is 5.42. The Morgan fingerprint density at radius 1 is 1.20 bits per heavy atom. The highest BCUT2D eigenvalue weighted by atomic mass is 19.4. The quantitative estimate of drug-likeness (QED) is 0.684. The van der Waals surface area contributed by atoms with Crippen molar-refractivity contribution in [2.45, 2.75) is 39.5 Å². The fraction of sp³-hybridized carbons (Fsp3) is 0.412. The average molecular weight is 357 g/mol. The summed E-state index contributed by atoms with van der Waals surface area (Å²) in [6.45, 7) is 5.44. The lowest BCUT2D eigenvalue weighted by Crippen LogP contribution is -2.23. The molecule has 1 aromatic carbocycles. The van der Waals surface area contributed by atoms with Crippen LogP contribution in [-0.2, 0) is 6.18 Å². The molecule has 1 heterocycles. The number of aromatic nitrogens is 2. The molecule has 0 spiro atoms. The van der Waals surface area contributed by atoms with E-state index in [4.69, 9.17) is 4.74 Å². The molecule has 136 valence electrons. The molecule has 1 aromatic heterocycles. The van der Waals surface area contributed by atoms with Crippen LogP contribution in [0.5, 0.6) is 5.88 Å². The summed E-state index contributed by atoms with van der Waals surface area (Å²) in [5.41, 5.74) is -0.875. The summed E-state index contributed by atoms with van der Waals surface area (Å²) in [6, 6.07) is 5.92. The molecule has 0 saturated heterocycles. The van der Waals surface area contributed by atoms with Crippen molar-refractivity contribution in [3.05, 3.63) is 41.8 Å². The van der Waals surface area contributed by atoms with Crippen molar-refractivity contribution in [2.24, 2.45) is 0 Å². The van der Waals surface area contributed by atoms with E-state index in [1.54, 1.807) is 26.8 Å². The van der Waals surface area contributed by atoms with E-state index < -0.39 is 29.5 Å². The molecule has 4 nitrogen and oxygen atoms in total. The number of rotatable bonds is 6. The highest BCUT2D eigenvalue weighted by molar-refractivity contribution is 5.58. The fourth-order valence-corrected chi connectivity index (χ4v) is 2.14. The Morgan fingerprint density at radius 3 is 2.44 bits per heavy atom. The normalized spacial score (nSPS) is 12.8. The zero-order valence-electron chi connectivity index (χ0n) is 14.1. The summed E-state index contributed by atoms with van der Waals surface area (Å²) in [5, 5.41) is 0. The van der Waals surface area contributed by atoms with Gasteiger partial charge < -0.3 is 9.64 Å². The van der Waals surface area contributed by atoms with Gasteiger partial charge in [0.2, 0.25) is 11.8 Å². The Kier molecular flexibility index (Phi) is 5.81. The minimum absolute atomic E-state index is 0.0566. The first-order valence-corrected chi connectivity index (χ1v) is 7.90. The van der Waals surface area contributed by atoms with Gasteiger partial charge in [-0.05, 0) is 32.4 Å². The average Bonchev–Trinajstić information content (AvgIpc) is 2.56.